The summed E-state index contributed by atoms with van der Waals surface area (Å²) in [5.74, 6) is -0.120. The Morgan fingerprint density at radius 3 is 1.94 bits per heavy atom. The number of alkyl halides is 5. The zero-order valence-electron chi connectivity index (χ0n) is 9.76. The molecule has 1 atom stereocenters. The molecule has 0 bridgehead atoms. The second-order valence-electron chi connectivity index (χ2n) is 4.32. The van der Waals surface area contributed by atoms with Crippen molar-refractivity contribution in [2.45, 2.75) is 28.1 Å². The molecule has 1 rings (SSSR count). The second kappa shape index (κ2) is 5.95. The van der Waals surface area contributed by atoms with Crippen LogP contribution < -0.4 is 0 Å². The van der Waals surface area contributed by atoms with E-state index in [0.717, 1.165) is 0 Å². The van der Waals surface area contributed by atoms with Gasteiger partial charge in [-0.15, -0.1) is 0 Å². The van der Waals surface area contributed by atoms with Gasteiger partial charge in [-0.2, -0.15) is 0 Å². The van der Waals surface area contributed by atoms with Gasteiger partial charge in [0, 0.05) is 0 Å². The van der Waals surface area contributed by atoms with E-state index in [4.69, 9.17) is 58.0 Å². The molecule has 1 unspecified atom stereocenters. The molecule has 0 heterocycles. The normalized spacial score (nSPS) is 14.9. The average Bonchev–Trinajstić information content (AvgIpc) is 2.26. The topological polar surface area (TPSA) is 19.9 Å². The SMILES string of the molecule is CC(C)C([O])c1ccccc1C(Cl)(Cl)C(Cl)(Cl)Cl. The summed E-state index contributed by atoms with van der Waals surface area (Å²) in [5.41, 5.74) is 0.783. The van der Waals surface area contributed by atoms with Crippen molar-refractivity contribution in [2.24, 2.45) is 5.92 Å². The minimum Gasteiger partial charge on any atom is -0.228 e. The van der Waals surface area contributed by atoms with Gasteiger partial charge in [0.15, 0.2) is 4.33 Å². The zero-order valence-corrected chi connectivity index (χ0v) is 13.5. The third-order valence-corrected chi connectivity index (χ3v) is 4.97. The molecular formula is C12H12Cl5O. The molecule has 0 fully saturated rings. The Labute approximate surface area is 132 Å². The standard InChI is InChI=1S/C12H12Cl5O/c1-7(2)10(18)8-5-3-4-6-9(8)11(13,14)12(15,16)17/h3-7,10H,1-2H3. The molecule has 0 amide bonds. The average molecular weight is 349 g/mol. The van der Waals surface area contributed by atoms with Crippen molar-refractivity contribution < 1.29 is 5.11 Å². The van der Waals surface area contributed by atoms with Crippen LogP contribution in [0.25, 0.3) is 0 Å². The third kappa shape index (κ3) is 3.39. The summed E-state index contributed by atoms with van der Waals surface area (Å²) in [6, 6.07) is 6.68. The minimum absolute atomic E-state index is 0.120. The number of halogens is 5. The molecule has 6 heteroatoms. The first-order chi connectivity index (χ1) is 8.09. The third-order valence-electron chi connectivity index (χ3n) is 2.57. The molecule has 0 spiro atoms. The van der Waals surface area contributed by atoms with Crippen molar-refractivity contribution in [1.29, 1.82) is 0 Å². The van der Waals surface area contributed by atoms with Crippen LogP contribution in [0.4, 0.5) is 0 Å². The van der Waals surface area contributed by atoms with Gasteiger partial charge in [0.2, 0.25) is 3.79 Å². The van der Waals surface area contributed by atoms with Crippen molar-refractivity contribution >= 4 is 58.0 Å². The summed E-state index contributed by atoms with van der Waals surface area (Å²) in [5, 5.41) is 12.2. The largest absolute Gasteiger partial charge is 0.228 e. The van der Waals surface area contributed by atoms with E-state index >= 15 is 0 Å². The monoisotopic (exact) mass is 347 g/mol. The van der Waals surface area contributed by atoms with Gasteiger partial charge in [0.25, 0.3) is 0 Å². The van der Waals surface area contributed by atoms with E-state index in [9.17, 15) is 5.11 Å². The van der Waals surface area contributed by atoms with Crippen LogP contribution in [-0.2, 0) is 9.44 Å². The molecule has 1 aromatic rings. The van der Waals surface area contributed by atoms with Crippen LogP contribution in [0.1, 0.15) is 31.1 Å². The van der Waals surface area contributed by atoms with Crippen LogP contribution in [-0.4, -0.2) is 3.79 Å². The van der Waals surface area contributed by atoms with E-state index < -0.39 is 14.2 Å². The predicted molar refractivity (Wildman–Crippen MR) is 78.4 cm³/mol. The molecule has 0 saturated carbocycles. The van der Waals surface area contributed by atoms with Gasteiger partial charge in [-0.25, -0.2) is 5.11 Å². The summed E-state index contributed by atoms with van der Waals surface area (Å²) in [7, 11) is 0. The molecular weight excluding hydrogens is 337 g/mol. The Balaban J connectivity index is 3.34. The van der Waals surface area contributed by atoms with E-state index in [0.29, 0.717) is 11.1 Å². The van der Waals surface area contributed by atoms with E-state index in [-0.39, 0.29) is 5.92 Å². The number of hydrogen-bond acceptors (Lipinski definition) is 0. The Hall–Kier alpha value is 0.630. The molecule has 101 valence electrons. The lowest BCUT2D eigenvalue weighted by Gasteiger charge is -2.31. The highest BCUT2D eigenvalue weighted by atomic mass is 35.6. The fourth-order valence-corrected chi connectivity index (χ4v) is 2.19. The number of hydrogen-bond donors (Lipinski definition) is 0. The van der Waals surface area contributed by atoms with Crippen molar-refractivity contribution in [3.63, 3.8) is 0 Å². The van der Waals surface area contributed by atoms with E-state index in [1.54, 1.807) is 24.3 Å². The van der Waals surface area contributed by atoms with Gasteiger partial charge >= 0.3 is 0 Å². The van der Waals surface area contributed by atoms with E-state index in [2.05, 4.69) is 0 Å². The Bertz CT molecular complexity index is 411. The van der Waals surface area contributed by atoms with Gasteiger partial charge in [-0.05, 0) is 17.0 Å². The lowest BCUT2D eigenvalue weighted by Crippen LogP contribution is -2.30. The summed E-state index contributed by atoms with van der Waals surface area (Å²) in [4.78, 5) is 0. The minimum atomic E-state index is -1.93. The first kappa shape index (κ1) is 16.7. The van der Waals surface area contributed by atoms with Crippen molar-refractivity contribution in [1.82, 2.24) is 0 Å². The second-order valence-corrected chi connectivity index (χ2v) is 7.93. The summed E-state index contributed by atoms with van der Waals surface area (Å²) in [6.45, 7) is 3.63. The van der Waals surface area contributed by atoms with Gasteiger partial charge in [-0.3, -0.25) is 0 Å². The molecule has 0 aromatic heterocycles. The highest BCUT2D eigenvalue weighted by molar-refractivity contribution is 6.75. The van der Waals surface area contributed by atoms with Crippen LogP contribution >= 0.6 is 58.0 Å². The zero-order chi connectivity index (χ0) is 14.1. The number of benzene rings is 1. The van der Waals surface area contributed by atoms with Crippen molar-refractivity contribution in [3.8, 4) is 0 Å². The van der Waals surface area contributed by atoms with E-state index in [1.807, 2.05) is 13.8 Å². The summed E-state index contributed by atoms with van der Waals surface area (Å²) in [6.07, 6.45) is -0.981. The van der Waals surface area contributed by atoms with Gasteiger partial charge in [0.1, 0.15) is 6.10 Å². The molecule has 0 saturated heterocycles. The summed E-state index contributed by atoms with van der Waals surface area (Å²) < 4.78 is -3.70. The molecule has 1 radical (unpaired) electrons. The lowest BCUT2D eigenvalue weighted by molar-refractivity contribution is 0.0479. The summed E-state index contributed by atoms with van der Waals surface area (Å²) >= 11 is 29.6. The Kier molecular flexibility index (Phi) is 5.51. The van der Waals surface area contributed by atoms with Gasteiger partial charge < -0.3 is 0 Å². The van der Waals surface area contributed by atoms with Crippen LogP contribution in [0.2, 0.25) is 0 Å². The Morgan fingerprint density at radius 2 is 1.50 bits per heavy atom. The lowest BCUT2D eigenvalue weighted by atomic mass is 9.93. The first-order valence-corrected chi connectivity index (χ1v) is 7.17. The molecule has 0 aliphatic heterocycles. The van der Waals surface area contributed by atoms with Gasteiger partial charge in [0.05, 0.1) is 0 Å². The van der Waals surface area contributed by atoms with Crippen LogP contribution in [0.15, 0.2) is 24.3 Å². The van der Waals surface area contributed by atoms with E-state index in [1.165, 1.54) is 0 Å². The number of rotatable bonds is 3. The first-order valence-electron chi connectivity index (χ1n) is 5.28. The predicted octanol–water partition coefficient (Wildman–Crippen LogP) is 5.81. The Morgan fingerprint density at radius 1 is 1.00 bits per heavy atom. The van der Waals surface area contributed by atoms with Crippen LogP contribution in [0.5, 0.6) is 0 Å². The molecule has 0 aliphatic rings. The maximum Gasteiger partial charge on any atom is 0.227 e. The molecule has 0 aliphatic carbocycles. The molecule has 1 nitrogen and oxygen atoms in total. The fraction of sp³-hybridized carbons (Fsp3) is 0.500. The van der Waals surface area contributed by atoms with Gasteiger partial charge in [-0.1, -0.05) is 96.1 Å². The van der Waals surface area contributed by atoms with Crippen LogP contribution in [0, 0.1) is 5.92 Å². The molecule has 18 heavy (non-hydrogen) atoms. The maximum absolute atomic E-state index is 12.2. The highest BCUT2D eigenvalue weighted by Crippen LogP contribution is 2.54. The van der Waals surface area contributed by atoms with Crippen molar-refractivity contribution in [2.75, 3.05) is 0 Å². The van der Waals surface area contributed by atoms with Crippen LogP contribution in [0.3, 0.4) is 0 Å². The molecule has 1 aromatic carbocycles. The van der Waals surface area contributed by atoms with Crippen molar-refractivity contribution in [3.05, 3.63) is 35.4 Å². The fourth-order valence-electron chi connectivity index (χ4n) is 1.54. The smallest absolute Gasteiger partial charge is 0.227 e. The quantitative estimate of drug-likeness (QED) is 0.613. The maximum atomic E-state index is 12.2. The highest BCUT2D eigenvalue weighted by Gasteiger charge is 2.49. The molecule has 0 N–H and O–H groups in total.